The number of fused-ring (bicyclic) bond motifs is 5. The smallest absolute Gasteiger partial charge is 0.395 e. The van der Waals surface area contributed by atoms with Crippen molar-refractivity contribution in [2.75, 3.05) is 18.8 Å². The molecule has 0 aliphatic carbocycles. The maximum atomic E-state index is 13.9. The summed E-state index contributed by atoms with van der Waals surface area (Å²) in [6.07, 6.45) is -2.67. The first-order chi connectivity index (χ1) is 13.8. The summed E-state index contributed by atoms with van der Waals surface area (Å²) in [5, 5.41) is 4.86. The summed E-state index contributed by atoms with van der Waals surface area (Å²) in [6.45, 7) is 3.33. The Hall–Kier alpha value is -2.82. The minimum Gasteiger partial charge on any atom is -0.395 e. The number of ether oxygens (including phenoxy) is 2. The Morgan fingerprint density at radius 1 is 1.28 bits per heavy atom. The first-order valence-corrected chi connectivity index (χ1v) is 9.44. The van der Waals surface area contributed by atoms with Gasteiger partial charge >= 0.3 is 6.29 Å². The molecule has 0 saturated carbocycles. The predicted octanol–water partition coefficient (Wildman–Crippen LogP) is 2.55. The maximum absolute atomic E-state index is 13.9. The van der Waals surface area contributed by atoms with Crippen molar-refractivity contribution in [2.24, 2.45) is 0 Å². The molecule has 5 rings (SSSR count). The third kappa shape index (κ3) is 3.00. The van der Waals surface area contributed by atoms with E-state index < -0.39 is 12.5 Å². The fraction of sp³-hybridized carbons (Fsp3) is 0.500. The number of anilines is 1. The predicted molar refractivity (Wildman–Crippen MR) is 97.8 cm³/mol. The highest BCUT2D eigenvalue weighted by Gasteiger charge is 2.45. The molecule has 2 aromatic heterocycles. The van der Waals surface area contributed by atoms with Crippen molar-refractivity contribution in [3.8, 4) is 11.5 Å². The number of nitrogen functional groups attached to an aromatic ring is 1. The maximum Gasteiger partial charge on any atom is 0.586 e. The fourth-order valence-electron chi connectivity index (χ4n) is 3.97. The summed E-state index contributed by atoms with van der Waals surface area (Å²) in [5.41, 5.74) is 6.50. The van der Waals surface area contributed by atoms with Gasteiger partial charge in [-0.3, -0.25) is 4.90 Å². The molecule has 2 aliphatic heterocycles. The Morgan fingerprint density at radius 3 is 2.93 bits per heavy atom. The van der Waals surface area contributed by atoms with Gasteiger partial charge in [-0.1, -0.05) is 0 Å². The minimum absolute atomic E-state index is 0.00590. The molecule has 0 spiro atoms. The first-order valence-electron chi connectivity index (χ1n) is 9.44. The van der Waals surface area contributed by atoms with Crippen molar-refractivity contribution >= 4 is 22.5 Å². The molecule has 2 N–H and O–H groups in total. The van der Waals surface area contributed by atoms with Crippen LogP contribution in [0.5, 0.6) is 11.5 Å². The number of hydrogen-bond donors (Lipinski definition) is 1. The molecule has 29 heavy (non-hydrogen) atoms. The van der Waals surface area contributed by atoms with E-state index in [1.165, 1.54) is 10.6 Å². The van der Waals surface area contributed by atoms with E-state index >= 15 is 0 Å². The van der Waals surface area contributed by atoms with Crippen LogP contribution in [0, 0.1) is 0 Å². The average molecular weight is 408 g/mol. The van der Waals surface area contributed by atoms with E-state index in [1.807, 2.05) is 6.92 Å². The second-order valence-electron chi connectivity index (χ2n) is 7.37. The lowest BCUT2D eigenvalue weighted by Gasteiger charge is -2.35. The van der Waals surface area contributed by atoms with Crippen molar-refractivity contribution in [3.63, 3.8) is 0 Å². The number of aromatic nitrogens is 4. The third-order valence-electron chi connectivity index (χ3n) is 5.53. The lowest BCUT2D eigenvalue weighted by molar-refractivity contribution is -0.286. The molecule has 11 heteroatoms. The van der Waals surface area contributed by atoms with E-state index in [-0.39, 0.29) is 29.0 Å². The molecular weight excluding hydrogens is 389 g/mol. The molecule has 2 atom stereocenters. The Balaban J connectivity index is 1.49. The molecule has 2 aliphatic rings. The van der Waals surface area contributed by atoms with Gasteiger partial charge in [0.15, 0.2) is 23.0 Å². The molecule has 2 unspecified atom stereocenters. The summed E-state index contributed by atoms with van der Waals surface area (Å²) in [7, 11) is 0. The Bertz CT molecular complexity index is 1100. The normalized spacial score (nSPS) is 23.9. The van der Waals surface area contributed by atoms with Gasteiger partial charge in [-0.15, -0.1) is 13.9 Å². The van der Waals surface area contributed by atoms with Crippen LogP contribution in [-0.2, 0) is 6.42 Å². The molecule has 1 aromatic carbocycles. The SMILES string of the molecule is CC1C(F)CCCN1CCc1nc2c3ccc4c(c3nc(N)n2n1)OC(F)(F)O4. The number of piperidine rings is 1. The summed E-state index contributed by atoms with van der Waals surface area (Å²) in [6, 6.07) is 2.80. The van der Waals surface area contributed by atoms with Crippen molar-refractivity contribution in [1.82, 2.24) is 24.5 Å². The summed E-state index contributed by atoms with van der Waals surface area (Å²) >= 11 is 0. The van der Waals surface area contributed by atoms with Gasteiger partial charge in [-0.05, 0) is 38.4 Å². The summed E-state index contributed by atoms with van der Waals surface area (Å²) in [5.74, 6) is 0.219. The van der Waals surface area contributed by atoms with E-state index in [0.717, 1.165) is 13.0 Å². The molecule has 0 amide bonds. The van der Waals surface area contributed by atoms with E-state index in [1.54, 1.807) is 6.07 Å². The van der Waals surface area contributed by atoms with Crippen LogP contribution in [0.15, 0.2) is 12.1 Å². The highest BCUT2D eigenvalue weighted by molar-refractivity contribution is 5.97. The molecule has 4 heterocycles. The molecule has 1 fully saturated rings. The van der Waals surface area contributed by atoms with E-state index in [0.29, 0.717) is 36.2 Å². The Morgan fingerprint density at radius 2 is 2.10 bits per heavy atom. The molecule has 0 radical (unpaired) electrons. The van der Waals surface area contributed by atoms with Crippen LogP contribution in [0.3, 0.4) is 0 Å². The number of alkyl halides is 3. The summed E-state index contributed by atoms with van der Waals surface area (Å²) < 4.78 is 51.3. The number of nitrogens with zero attached hydrogens (tertiary/aromatic N) is 5. The van der Waals surface area contributed by atoms with Gasteiger partial charge in [-0.25, -0.2) is 14.4 Å². The molecule has 8 nitrogen and oxygen atoms in total. The molecule has 0 bridgehead atoms. The summed E-state index contributed by atoms with van der Waals surface area (Å²) in [4.78, 5) is 10.8. The van der Waals surface area contributed by atoms with Crippen LogP contribution in [0.2, 0.25) is 0 Å². The van der Waals surface area contributed by atoms with Crippen molar-refractivity contribution < 1.29 is 22.6 Å². The van der Waals surface area contributed by atoms with E-state index in [9.17, 15) is 13.2 Å². The van der Waals surface area contributed by atoms with Crippen molar-refractivity contribution in [2.45, 2.75) is 44.7 Å². The highest BCUT2D eigenvalue weighted by atomic mass is 19.3. The lowest BCUT2D eigenvalue weighted by atomic mass is 10.0. The average Bonchev–Trinajstić information content (AvgIpc) is 3.23. The van der Waals surface area contributed by atoms with E-state index in [2.05, 4.69) is 29.4 Å². The molecule has 3 aromatic rings. The highest BCUT2D eigenvalue weighted by Crippen LogP contribution is 2.45. The van der Waals surface area contributed by atoms with Crippen LogP contribution >= 0.6 is 0 Å². The second-order valence-corrected chi connectivity index (χ2v) is 7.37. The Kier molecular flexibility index (Phi) is 3.99. The van der Waals surface area contributed by atoms with Gasteiger partial charge in [0.2, 0.25) is 5.95 Å². The van der Waals surface area contributed by atoms with Crippen LogP contribution in [0.4, 0.5) is 19.1 Å². The zero-order valence-electron chi connectivity index (χ0n) is 15.6. The zero-order chi connectivity index (χ0) is 20.3. The standard InChI is InChI=1S/C18H19F3N6O2/c1-9-11(19)3-2-7-26(9)8-6-13-23-16-10-4-5-12-15(29-18(20,21)28-12)14(10)24-17(22)27(16)25-13/h4-5,9,11H,2-3,6-8H2,1H3,(H2,22,24). The van der Waals surface area contributed by atoms with Crippen molar-refractivity contribution in [1.29, 1.82) is 0 Å². The Labute approximate surface area is 163 Å². The van der Waals surface area contributed by atoms with Crippen LogP contribution in [0.1, 0.15) is 25.6 Å². The largest absolute Gasteiger partial charge is 0.586 e. The van der Waals surface area contributed by atoms with Gasteiger partial charge in [0, 0.05) is 24.4 Å². The zero-order valence-corrected chi connectivity index (χ0v) is 15.6. The van der Waals surface area contributed by atoms with Crippen LogP contribution in [0.25, 0.3) is 16.6 Å². The molecule has 1 saturated heterocycles. The number of halogens is 3. The monoisotopic (exact) mass is 408 g/mol. The number of nitrogens with two attached hydrogens (primary N) is 1. The fourth-order valence-corrected chi connectivity index (χ4v) is 3.97. The number of likely N-dealkylation sites (tertiary alicyclic amines) is 1. The van der Waals surface area contributed by atoms with Gasteiger partial charge in [0.05, 0.1) is 0 Å². The number of benzene rings is 1. The topological polar surface area (TPSA) is 90.8 Å². The molecular formula is C18H19F3N6O2. The van der Waals surface area contributed by atoms with Gasteiger partial charge in [-0.2, -0.15) is 4.52 Å². The van der Waals surface area contributed by atoms with Gasteiger partial charge in [0.25, 0.3) is 0 Å². The third-order valence-corrected chi connectivity index (χ3v) is 5.53. The molecule has 154 valence electrons. The lowest BCUT2D eigenvalue weighted by Crippen LogP contribution is -2.45. The number of rotatable bonds is 3. The van der Waals surface area contributed by atoms with Gasteiger partial charge < -0.3 is 15.2 Å². The minimum atomic E-state index is -3.75. The van der Waals surface area contributed by atoms with Crippen LogP contribution < -0.4 is 15.2 Å². The van der Waals surface area contributed by atoms with E-state index in [4.69, 9.17) is 5.73 Å². The number of hydrogen-bond acceptors (Lipinski definition) is 7. The first kappa shape index (κ1) is 18.2. The van der Waals surface area contributed by atoms with Gasteiger partial charge in [0.1, 0.15) is 11.7 Å². The second kappa shape index (κ2) is 6.34. The van der Waals surface area contributed by atoms with Crippen molar-refractivity contribution in [3.05, 3.63) is 18.0 Å². The van der Waals surface area contributed by atoms with Crippen LogP contribution in [-0.4, -0.2) is 56.1 Å². The quantitative estimate of drug-likeness (QED) is 0.712.